The molecule has 0 saturated heterocycles. The van der Waals surface area contributed by atoms with Gasteiger partial charge in [-0.1, -0.05) is 19.1 Å². The molecule has 0 aliphatic heterocycles. The van der Waals surface area contributed by atoms with Gasteiger partial charge < -0.3 is 15.4 Å². The van der Waals surface area contributed by atoms with Gasteiger partial charge in [-0.3, -0.25) is 14.3 Å². The Morgan fingerprint density at radius 2 is 1.91 bits per heavy atom. The largest absolute Gasteiger partial charge is 0.457 e. The molecule has 162 valence electrons. The highest BCUT2D eigenvalue weighted by Crippen LogP contribution is 2.28. The zero-order valence-corrected chi connectivity index (χ0v) is 17.8. The average Bonchev–Trinajstić information content (AvgIpc) is 3.27. The minimum absolute atomic E-state index is 0.140. The second-order valence-corrected chi connectivity index (χ2v) is 7.19. The first kappa shape index (κ1) is 21.0. The molecule has 0 bridgehead atoms. The Morgan fingerprint density at radius 1 is 1.06 bits per heavy atom. The minimum atomic E-state index is -0.288. The molecule has 0 aliphatic rings. The van der Waals surface area contributed by atoms with Crippen molar-refractivity contribution in [2.45, 2.75) is 19.9 Å². The van der Waals surface area contributed by atoms with Crippen LogP contribution in [0.2, 0.25) is 0 Å². The van der Waals surface area contributed by atoms with Gasteiger partial charge in [0.25, 0.3) is 11.8 Å². The van der Waals surface area contributed by atoms with Crippen molar-refractivity contribution in [3.63, 3.8) is 0 Å². The standard InChI is InChI=1S/C24H23N5O3/c1-3-11-29-15-17(14-27-29)23(30)28-22-13-19(9-10-26-22)32-18-7-8-20-16(12-18)5-4-6-21(20)24(31)25-2/h4-10,12-15H,3,11H2,1-2H3,(H,25,31)(H,26,28,30). The summed E-state index contributed by atoms with van der Waals surface area (Å²) in [4.78, 5) is 28.8. The van der Waals surface area contributed by atoms with Crippen molar-refractivity contribution in [3.8, 4) is 11.5 Å². The van der Waals surface area contributed by atoms with Gasteiger partial charge in [0.05, 0.1) is 11.8 Å². The van der Waals surface area contributed by atoms with E-state index in [2.05, 4.69) is 20.7 Å². The maximum absolute atomic E-state index is 12.5. The zero-order chi connectivity index (χ0) is 22.5. The summed E-state index contributed by atoms with van der Waals surface area (Å²) >= 11 is 0. The van der Waals surface area contributed by atoms with Gasteiger partial charge in [-0.2, -0.15) is 5.10 Å². The van der Waals surface area contributed by atoms with Crippen LogP contribution in [0, 0.1) is 0 Å². The van der Waals surface area contributed by atoms with Crippen molar-refractivity contribution in [2.75, 3.05) is 12.4 Å². The van der Waals surface area contributed by atoms with Gasteiger partial charge in [0, 0.05) is 37.6 Å². The predicted molar refractivity (Wildman–Crippen MR) is 122 cm³/mol. The second kappa shape index (κ2) is 9.30. The van der Waals surface area contributed by atoms with E-state index in [4.69, 9.17) is 4.74 Å². The molecule has 4 aromatic rings. The first-order valence-corrected chi connectivity index (χ1v) is 10.3. The lowest BCUT2D eigenvalue weighted by molar-refractivity contribution is 0.0963. The molecular weight excluding hydrogens is 406 g/mol. The average molecular weight is 429 g/mol. The lowest BCUT2D eigenvalue weighted by atomic mass is 10.0. The number of ether oxygens (including phenoxy) is 1. The highest BCUT2D eigenvalue weighted by molar-refractivity contribution is 6.07. The molecule has 2 amide bonds. The van der Waals surface area contributed by atoms with E-state index in [0.29, 0.717) is 28.4 Å². The van der Waals surface area contributed by atoms with E-state index in [-0.39, 0.29) is 11.8 Å². The van der Waals surface area contributed by atoms with Crippen LogP contribution in [-0.4, -0.2) is 33.6 Å². The van der Waals surface area contributed by atoms with E-state index in [1.165, 1.54) is 6.20 Å². The number of aromatic nitrogens is 3. The summed E-state index contributed by atoms with van der Waals surface area (Å²) < 4.78 is 7.70. The molecule has 0 fully saturated rings. The number of pyridine rings is 1. The van der Waals surface area contributed by atoms with Crippen LogP contribution in [0.15, 0.2) is 67.1 Å². The number of fused-ring (bicyclic) bond motifs is 1. The first-order valence-electron chi connectivity index (χ1n) is 10.3. The van der Waals surface area contributed by atoms with E-state index < -0.39 is 0 Å². The van der Waals surface area contributed by atoms with Gasteiger partial charge in [-0.05, 0) is 47.5 Å². The summed E-state index contributed by atoms with van der Waals surface area (Å²) in [5, 5.41) is 11.3. The molecule has 0 saturated carbocycles. The van der Waals surface area contributed by atoms with Crippen molar-refractivity contribution in [1.29, 1.82) is 0 Å². The lowest BCUT2D eigenvalue weighted by Crippen LogP contribution is -2.17. The molecule has 0 unspecified atom stereocenters. The van der Waals surface area contributed by atoms with Crippen molar-refractivity contribution in [1.82, 2.24) is 20.1 Å². The van der Waals surface area contributed by atoms with Gasteiger partial charge in [-0.25, -0.2) is 4.98 Å². The number of anilines is 1. The second-order valence-electron chi connectivity index (χ2n) is 7.19. The van der Waals surface area contributed by atoms with Crippen molar-refractivity contribution < 1.29 is 14.3 Å². The molecule has 8 heteroatoms. The first-order chi connectivity index (χ1) is 15.6. The molecule has 0 aliphatic carbocycles. The minimum Gasteiger partial charge on any atom is -0.457 e. The molecule has 2 heterocycles. The highest BCUT2D eigenvalue weighted by Gasteiger charge is 2.12. The molecule has 4 rings (SSSR count). The SMILES string of the molecule is CCCn1cc(C(=O)Nc2cc(Oc3ccc4c(C(=O)NC)cccc4c3)ccn2)cn1. The van der Waals surface area contributed by atoms with Gasteiger partial charge in [-0.15, -0.1) is 0 Å². The summed E-state index contributed by atoms with van der Waals surface area (Å²) in [6.07, 6.45) is 5.75. The third kappa shape index (κ3) is 4.59. The maximum atomic E-state index is 12.5. The topological polar surface area (TPSA) is 98.1 Å². The third-order valence-corrected chi connectivity index (χ3v) is 4.88. The number of nitrogens with zero attached hydrogens (tertiary/aromatic N) is 3. The number of carbonyl (C=O) groups excluding carboxylic acids is 2. The van der Waals surface area contributed by atoms with E-state index in [1.54, 1.807) is 48.4 Å². The fourth-order valence-corrected chi connectivity index (χ4v) is 3.36. The fraction of sp³-hybridized carbons (Fsp3) is 0.167. The lowest BCUT2D eigenvalue weighted by Gasteiger charge is -2.10. The van der Waals surface area contributed by atoms with Crippen LogP contribution in [0.4, 0.5) is 5.82 Å². The van der Waals surface area contributed by atoms with E-state index in [0.717, 1.165) is 23.7 Å². The molecule has 0 radical (unpaired) electrons. The quantitative estimate of drug-likeness (QED) is 0.458. The molecule has 8 nitrogen and oxygen atoms in total. The Bertz CT molecular complexity index is 1280. The number of hydrogen-bond donors (Lipinski definition) is 2. The van der Waals surface area contributed by atoms with Gasteiger partial charge in [0.15, 0.2) is 0 Å². The summed E-state index contributed by atoms with van der Waals surface area (Å²) in [5.74, 6) is 1.08. The fourth-order valence-electron chi connectivity index (χ4n) is 3.36. The summed E-state index contributed by atoms with van der Waals surface area (Å²) in [6.45, 7) is 2.80. The Balaban J connectivity index is 1.50. The van der Waals surface area contributed by atoms with Crippen LogP contribution in [0.1, 0.15) is 34.1 Å². The maximum Gasteiger partial charge on any atom is 0.260 e. The van der Waals surface area contributed by atoms with Crippen molar-refractivity contribution in [2.24, 2.45) is 0 Å². The number of hydrogen-bond acceptors (Lipinski definition) is 5. The molecule has 2 aromatic carbocycles. The number of rotatable bonds is 7. The molecular formula is C24H23N5O3. The summed E-state index contributed by atoms with van der Waals surface area (Å²) in [7, 11) is 1.61. The summed E-state index contributed by atoms with van der Waals surface area (Å²) in [5.41, 5.74) is 1.07. The van der Waals surface area contributed by atoms with Crippen LogP contribution in [-0.2, 0) is 6.54 Å². The Labute approximate surface area is 185 Å². The summed E-state index contributed by atoms with van der Waals surface area (Å²) in [6, 6.07) is 14.4. The molecule has 2 aromatic heterocycles. The van der Waals surface area contributed by atoms with Gasteiger partial charge in [0.2, 0.25) is 0 Å². The van der Waals surface area contributed by atoms with Crippen LogP contribution >= 0.6 is 0 Å². The van der Waals surface area contributed by atoms with Crippen LogP contribution in [0.25, 0.3) is 10.8 Å². The van der Waals surface area contributed by atoms with Gasteiger partial charge >= 0.3 is 0 Å². The molecule has 0 spiro atoms. The van der Waals surface area contributed by atoms with Crippen LogP contribution in [0.5, 0.6) is 11.5 Å². The van der Waals surface area contributed by atoms with Crippen molar-refractivity contribution >= 4 is 28.4 Å². The molecule has 32 heavy (non-hydrogen) atoms. The smallest absolute Gasteiger partial charge is 0.260 e. The van der Waals surface area contributed by atoms with E-state index in [1.807, 2.05) is 31.2 Å². The normalized spacial score (nSPS) is 10.7. The Hall–Kier alpha value is -4.20. The highest BCUT2D eigenvalue weighted by atomic mass is 16.5. The van der Waals surface area contributed by atoms with Crippen molar-refractivity contribution in [3.05, 3.63) is 78.2 Å². The number of amides is 2. The number of aryl methyl sites for hydroxylation is 1. The van der Waals surface area contributed by atoms with Crippen LogP contribution < -0.4 is 15.4 Å². The van der Waals surface area contributed by atoms with E-state index in [9.17, 15) is 9.59 Å². The zero-order valence-electron chi connectivity index (χ0n) is 17.8. The molecule has 0 atom stereocenters. The Morgan fingerprint density at radius 3 is 2.72 bits per heavy atom. The van der Waals surface area contributed by atoms with Gasteiger partial charge in [0.1, 0.15) is 17.3 Å². The monoisotopic (exact) mass is 429 g/mol. The van der Waals surface area contributed by atoms with E-state index >= 15 is 0 Å². The Kier molecular flexibility index (Phi) is 6.12. The predicted octanol–water partition coefficient (Wildman–Crippen LogP) is 4.25. The number of nitrogens with one attached hydrogen (secondary N) is 2. The third-order valence-electron chi connectivity index (χ3n) is 4.88. The van der Waals surface area contributed by atoms with Crippen LogP contribution in [0.3, 0.4) is 0 Å². The number of benzene rings is 2. The number of carbonyl (C=O) groups is 2. The molecule has 2 N–H and O–H groups in total.